The van der Waals surface area contributed by atoms with Crippen LogP contribution in [0.1, 0.15) is 51.4 Å². The number of nitrogens with one attached hydrogen (secondary N) is 2. The predicted octanol–water partition coefficient (Wildman–Crippen LogP) is 3.49. The molecule has 0 unspecified atom stereocenters. The van der Waals surface area contributed by atoms with Gasteiger partial charge in [0.25, 0.3) is 0 Å². The van der Waals surface area contributed by atoms with Crippen molar-refractivity contribution in [2.75, 3.05) is 29.9 Å². The van der Waals surface area contributed by atoms with Crippen molar-refractivity contribution in [1.82, 2.24) is 5.32 Å². The van der Waals surface area contributed by atoms with Crippen molar-refractivity contribution in [2.45, 2.75) is 57.0 Å². The first kappa shape index (κ1) is 17.1. The van der Waals surface area contributed by atoms with E-state index >= 15 is 0 Å². The molecule has 1 saturated carbocycles. The number of benzene rings is 1. The van der Waals surface area contributed by atoms with E-state index in [-0.39, 0.29) is 6.03 Å². The molecule has 1 aliphatic heterocycles. The molecule has 3 N–H and O–H groups in total. The number of carbonyl (C=O) groups is 1. The second-order valence-corrected chi connectivity index (χ2v) is 7.19. The maximum Gasteiger partial charge on any atom is 0.319 e. The summed E-state index contributed by atoms with van der Waals surface area (Å²) < 4.78 is 0. The van der Waals surface area contributed by atoms with Gasteiger partial charge >= 0.3 is 6.03 Å². The van der Waals surface area contributed by atoms with E-state index < -0.39 is 5.60 Å². The molecule has 1 saturated heterocycles. The summed E-state index contributed by atoms with van der Waals surface area (Å²) in [5.41, 5.74) is 1.27. The van der Waals surface area contributed by atoms with E-state index in [1.807, 2.05) is 12.1 Å². The maximum absolute atomic E-state index is 12.0. The fraction of sp³-hybridized carbons (Fsp3) is 0.632. The Balaban J connectivity index is 1.47. The highest BCUT2D eigenvalue weighted by Crippen LogP contribution is 2.27. The minimum Gasteiger partial charge on any atom is -0.388 e. The zero-order chi connectivity index (χ0) is 16.8. The van der Waals surface area contributed by atoms with Gasteiger partial charge in [-0.2, -0.15) is 0 Å². The SMILES string of the molecule is O=C(NCC1(O)CCCCC1)Nc1ccc(N2CCCCC2)cc1. The molecule has 2 aliphatic rings. The van der Waals surface area contributed by atoms with Gasteiger partial charge in [0, 0.05) is 31.0 Å². The molecule has 1 heterocycles. The zero-order valence-electron chi connectivity index (χ0n) is 14.4. The minimum atomic E-state index is -0.728. The van der Waals surface area contributed by atoms with Crippen molar-refractivity contribution in [3.63, 3.8) is 0 Å². The topological polar surface area (TPSA) is 64.6 Å². The average Bonchev–Trinajstić information content (AvgIpc) is 2.62. The lowest BCUT2D eigenvalue weighted by atomic mass is 9.85. The van der Waals surface area contributed by atoms with Gasteiger partial charge in [0.1, 0.15) is 0 Å². The van der Waals surface area contributed by atoms with Crippen molar-refractivity contribution in [1.29, 1.82) is 0 Å². The Kier molecular flexibility index (Phi) is 5.61. The number of anilines is 2. The lowest BCUT2D eigenvalue weighted by Crippen LogP contribution is -2.45. The van der Waals surface area contributed by atoms with Gasteiger partial charge in [-0.05, 0) is 56.4 Å². The van der Waals surface area contributed by atoms with Gasteiger partial charge in [0.05, 0.1) is 5.60 Å². The van der Waals surface area contributed by atoms with E-state index in [2.05, 4.69) is 27.7 Å². The van der Waals surface area contributed by atoms with Gasteiger partial charge in [0.15, 0.2) is 0 Å². The van der Waals surface area contributed by atoms with E-state index in [1.165, 1.54) is 31.4 Å². The standard InChI is InChI=1S/C19H29N3O2/c23-18(20-15-19(24)11-3-1-4-12-19)21-16-7-9-17(10-8-16)22-13-5-2-6-14-22/h7-10,24H,1-6,11-15H2,(H2,20,21,23). The highest BCUT2D eigenvalue weighted by Gasteiger charge is 2.29. The molecule has 1 aromatic carbocycles. The number of nitrogens with zero attached hydrogens (tertiary/aromatic N) is 1. The van der Waals surface area contributed by atoms with Crippen molar-refractivity contribution < 1.29 is 9.90 Å². The summed E-state index contributed by atoms with van der Waals surface area (Å²) in [7, 11) is 0. The number of rotatable bonds is 4. The molecule has 0 bridgehead atoms. The predicted molar refractivity (Wildman–Crippen MR) is 97.6 cm³/mol. The Morgan fingerprint density at radius 2 is 1.62 bits per heavy atom. The largest absolute Gasteiger partial charge is 0.388 e. The maximum atomic E-state index is 12.0. The zero-order valence-corrected chi connectivity index (χ0v) is 14.4. The Labute approximate surface area is 144 Å². The summed E-state index contributed by atoms with van der Waals surface area (Å²) in [6.07, 6.45) is 8.64. The first-order valence-electron chi connectivity index (χ1n) is 9.27. The van der Waals surface area contributed by atoms with E-state index in [4.69, 9.17) is 0 Å². The summed E-state index contributed by atoms with van der Waals surface area (Å²) in [4.78, 5) is 14.4. The first-order valence-corrected chi connectivity index (χ1v) is 9.27. The molecule has 24 heavy (non-hydrogen) atoms. The van der Waals surface area contributed by atoms with Gasteiger partial charge in [-0.1, -0.05) is 19.3 Å². The lowest BCUT2D eigenvalue weighted by Gasteiger charge is -2.32. The molecular weight excluding hydrogens is 302 g/mol. The Morgan fingerprint density at radius 1 is 1.00 bits per heavy atom. The molecular formula is C19H29N3O2. The average molecular weight is 331 g/mol. The van der Waals surface area contributed by atoms with Crippen LogP contribution in [0.3, 0.4) is 0 Å². The molecule has 0 atom stereocenters. The van der Waals surface area contributed by atoms with E-state index in [1.54, 1.807) is 0 Å². The van der Waals surface area contributed by atoms with Gasteiger partial charge < -0.3 is 20.6 Å². The number of piperidine rings is 1. The van der Waals surface area contributed by atoms with Crippen LogP contribution in [0.2, 0.25) is 0 Å². The van der Waals surface area contributed by atoms with Crippen LogP contribution in [0.4, 0.5) is 16.2 Å². The third-order valence-corrected chi connectivity index (χ3v) is 5.21. The normalized spacial score (nSPS) is 20.5. The molecule has 0 radical (unpaired) electrons. The second-order valence-electron chi connectivity index (χ2n) is 7.19. The smallest absolute Gasteiger partial charge is 0.319 e. The molecule has 5 nitrogen and oxygen atoms in total. The summed E-state index contributed by atoms with van der Waals surface area (Å²) in [5.74, 6) is 0. The Bertz CT molecular complexity index is 532. The summed E-state index contributed by atoms with van der Waals surface area (Å²) in [6, 6.07) is 7.77. The van der Waals surface area contributed by atoms with Crippen molar-refractivity contribution in [3.8, 4) is 0 Å². The molecule has 3 rings (SSSR count). The van der Waals surface area contributed by atoms with Crippen LogP contribution in [-0.4, -0.2) is 36.4 Å². The number of hydrogen-bond donors (Lipinski definition) is 3. The quantitative estimate of drug-likeness (QED) is 0.791. The van der Waals surface area contributed by atoms with Crippen LogP contribution < -0.4 is 15.5 Å². The van der Waals surface area contributed by atoms with Gasteiger partial charge in [-0.25, -0.2) is 4.79 Å². The molecule has 132 valence electrons. The molecule has 2 amide bonds. The molecule has 0 aromatic heterocycles. The molecule has 2 fully saturated rings. The van der Waals surface area contributed by atoms with Crippen molar-refractivity contribution >= 4 is 17.4 Å². The summed E-state index contributed by atoms with van der Waals surface area (Å²) in [5, 5.41) is 16.1. The lowest BCUT2D eigenvalue weighted by molar-refractivity contribution is 0.00755. The summed E-state index contributed by atoms with van der Waals surface area (Å²) in [6.45, 7) is 2.56. The number of hydrogen-bond acceptors (Lipinski definition) is 3. The highest BCUT2D eigenvalue weighted by molar-refractivity contribution is 5.89. The van der Waals surface area contributed by atoms with E-state index in [9.17, 15) is 9.90 Å². The highest BCUT2D eigenvalue weighted by atomic mass is 16.3. The van der Waals surface area contributed by atoms with E-state index in [0.29, 0.717) is 6.54 Å². The molecule has 1 aromatic rings. The number of urea groups is 1. The number of aliphatic hydroxyl groups is 1. The van der Waals surface area contributed by atoms with Gasteiger partial charge in [-0.3, -0.25) is 0 Å². The van der Waals surface area contributed by atoms with Crippen LogP contribution in [0.15, 0.2) is 24.3 Å². The summed E-state index contributed by atoms with van der Waals surface area (Å²) >= 11 is 0. The fourth-order valence-electron chi connectivity index (χ4n) is 3.71. The fourth-order valence-corrected chi connectivity index (χ4v) is 3.71. The third kappa shape index (κ3) is 4.63. The second kappa shape index (κ2) is 7.88. The van der Waals surface area contributed by atoms with Crippen LogP contribution in [0.5, 0.6) is 0 Å². The Morgan fingerprint density at radius 3 is 2.29 bits per heavy atom. The minimum absolute atomic E-state index is 0.250. The third-order valence-electron chi connectivity index (χ3n) is 5.21. The first-order chi connectivity index (χ1) is 11.6. The monoisotopic (exact) mass is 331 g/mol. The molecule has 5 heteroatoms. The van der Waals surface area contributed by atoms with Crippen LogP contribution >= 0.6 is 0 Å². The van der Waals surface area contributed by atoms with Crippen LogP contribution in [-0.2, 0) is 0 Å². The Hall–Kier alpha value is -1.75. The molecule has 1 aliphatic carbocycles. The van der Waals surface area contributed by atoms with Gasteiger partial charge in [0.2, 0.25) is 0 Å². The van der Waals surface area contributed by atoms with Crippen molar-refractivity contribution in [3.05, 3.63) is 24.3 Å². The van der Waals surface area contributed by atoms with Gasteiger partial charge in [-0.15, -0.1) is 0 Å². The van der Waals surface area contributed by atoms with Crippen LogP contribution in [0, 0.1) is 0 Å². The molecule has 0 spiro atoms. The van der Waals surface area contributed by atoms with Crippen LogP contribution in [0.25, 0.3) is 0 Å². The van der Waals surface area contributed by atoms with Crippen molar-refractivity contribution in [2.24, 2.45) is 0 Å². The number of amides is 2. The van der Waals surface area contributed by atoms with E-state index in [0.717, 1.165) is 44.5 Å². The number of carbonyl (C=O) groups excluding carboxylic acids is 1.